The average Bonchev–Trinajstić information content (AvgIpc) is 2.78. The molecular formula is C24H24BrN3O3S. The van der Waals surface area contributed by atoms with Crippen molar-refractivity contribution >= 4 is 43.8 Å². The van der Waals surface area contributed by atoms with Gasteiger partial charge in [0, 0.05) is 4.47 Å². The van der Waals surface area contributed by atoms with Gasteiger partial charge in [-0.1, -0.05) is 72.2 Å². The number of sulfonamides is 1. The van der Waals surface area contributed by atoms with Crippen LogP contribution in [0.2, 0.25) is 0 Å². The number of rotatable bonds is 8. The molecule has 0 heterocycles. The summed E-state index contributed by atoms with van der Waals surface area (Å²) in [6.45, 7) is 3.71. The molecule has 6 nitrogen and oxygen atoms in total. The Labute approximate surface area is 197 Å². The van der Waals surface area contributed by atoms with Crippen LogP contribution in [0.4, 0.5) is 5.69 Å². The second-order valence-corrected chi connectivity index (χ2v) is 10.2. The summed E-state index contributed by atoms with van der Waals surface area (Å²) in [7, 11) is -3.95. The van der Waals surface area contributed by atoms with Gasteiger partial charge in [-0.25, -0.2) is 13.8 Å². The summed E-state index contributed by atoms with van der Waals surface area (Å²) in [4.78, 5) is 12.7. The van der Waals surface area contributed by atoms with Crippen molar-refractivity contribution in [1.29, 1.82) is 0 Å². The van der Waals surface area contributed by atoms with Crippen LogP contribution in [0, 0.1) is 0 Å². The largest absolute Gasteiger partial charge is 0.271 e. The third kappa shape index (κ3) is 6.05. The normalized spacial score (nSPS) is 11.6. The molecule has 0 saturated carbocycles. The predicted octanol–water partition coefficient (Wildman–Crippen LogP) is 4.92. The molecule has 8 heteroatoms. The molecule has 0 bridgehead atoms. The molecule has 0 aromatic heterocycles. The highest BCUT2D eigenvalue weighted by molar-refractivity contribution is 9.10. The number of nitrogens with one attached hydrogen (secondary N) is 1. The SMILES string of the molecule is CC(C)c1ccc(N(CC(=O)NN=Cc2cccc(Br)c2)S(=O)(=O)c2ccccc2)cc1. The molecule has 0 saturated heterocycles. The van der Waals surface area contributed by atoms with Gasteiger partial charge < -0.3 is 0 Å². The van der Waals surface area contributed by atoms with Crippen molar-refractivity contribution in [2.24, 2.45) is 5.10 Å². The van der Waals surface area contributed by atoms with Crippen LogP contribution in [-0.4, -0.2) is 27.1 Å². The van der Waals surface area contributed by atoms with Crippen molar-refractivity contribution in [2.45, 2.75) is 24.7 Å². The lowest BCUT2D eigenvalue weighted by molar-refractivity contribution is -0.119. The number of amides is 1. The van der Waals surface area contributed by atoms with Crippen molar-refractivity contribution in [2.75, 3.05) is 10.8 Å². The van der Waals surface area contributed by atoms with E-state index in [1.807, 2.05) is 36.4 Å². The Hall–Kier alpha value is -2.97. The van der Waals surface area contributed by atoms with E-state index >= 15 is 0 Å². The molecule has 166 valence electrons. The van der Waals surface area contributed by atoms with Crippen molar-refractivity contribution in [3.63, 3.8) is 0 Å². The zero-order chi connectivity index (χ0) is 23.1. The maximum absolute atomic E-state index is 13.3. The smallest absolute Gasteiger partial charge is 0.264 e. The third-order valence-corrected chi connectivity index (χ3v) is 7.00. The number of carbonyl (C=O) groups excluding carboxylic acids is 1. The summed E-state index contributed by atoms with van der Waals surface area (Å²) in [5.74, 6) is -0.248. The summed E-state index contributed by atoms with van der Waals surface area (Å²) < 4.78 is 28.6. The average molecular weight is 514 g/mol. The minimum atomic E-state index is -3.95. The van der Waals surface area contributed by atoms with Gasteiger partial charge in [0.1, 0.15) is 6.54 Å². The number of carbonyl (C=O) groups is 1. The summed E-state index contributed by atoms with van der Waals surface area (Å²) in [6.07, 6.45) is 1.50. The van der Waals surface area contributed by atoms with E-state index in [4.69, 9.17) is 0 Å². The fourth-order valence-corrected chi connectivity index (χ4v) is 4.85. The zero-order valence-corrected chi connectivity index (χ0v) is 20.2. The van der Waals surface area contributed by atoms with Gasteiger partial charge in [-0.2, -0.15) is 5.10 Å². The molecular weight excluding hydrogens is 490 g/mol. The highest BCUT2D eigenvalue weighted by atomic mass is 79.9. The minimum Gasteiger partial charge on any atom is -0.271 e. The summed E-state index contributed by atoms with van der Waals surface area (Å²) in [6, 6.07) is 22.6. The molecule has 1 N–H and O–H groups in total. The molecule has 3 aromatic rings. The van der Waals surface area contributed by atoms with Gasteiger partial charge in [0.05, 0.1) is 16.8 Å². The third-order valence-electron chi connectivity index (χ3n) is 4.72. The van der Waals surface area contributed by atoms with Crippen LogP contribution in [-0.2, 0) is 14.8 Å². The van der Waals surface area contributed by atoms with Gasteiger partial charge in [0.15, 0.2) is 0 Å². The highest BCUT2D eigenvalue weighted by Crippen LogP contribution is 2.25. The van der Waals surface area contributed by atoms with Crippen LogP contribution in [0.1, 0.15) is 30.9 Å². The molecule has 0 aliphatic rings. The van der Waals surface area contributed by atoms with E-state index in [9.17, 15) is 13.2 Å². The van der Waals surface area contributed by atoms with Gasteiger partial charge in [-0.3, -0.25) is 9.10 Å². The standard InChI is InChI=1S/C24H24BrN3O3S/c1-18(2)20-11-13-22(14-12-20)28(32(30,31)23-9-4-3-5-10-23)17-24(29)27-26-16-19-7-6-8-21(25)15-19/h3-16,18H,17H2,1-2H3,(H,27,29). The number of halogens is 1. The van der Waals surface area contributed by atoms with Crippen molar-refractivity contribution < 1.29 is 13.2 Å². The van der Waals surface area contributed by atoms with Crippen LogP contribution < -0.4 is 9.73 Å². The minimum absolute atomic E-state index is 0.110. The highest BCUT2D eigenvalue weighted by Gasteiger charge is 2.27. The molecule has 3 aromatic carbocycles. The Balaban J connectivity index is 1.84. The first-order chi connectivity index (χ1) is 15.3. The van der Waals surface area contributed by atoms with Crippen LogP contribution in [0.15, 0.2) is 93.3 Å². The fourth-order valence-electron chi connectivity index (χ4n) is 2.99. The second-order valence-electron chi connectivity index (χ2n) is 7.42. The number of hydrogen-bond donors (Lipinski definition) is 1. The quantitative estimate of drug-likeness (QED) is 0.343. The van der Waals surface area contributed by atoms with Gasteiger partial charge in [0.2, 0.25) is 0 Å². The van der Waals surface area contributed by atoms with E-state index in [0.29, 0.717) is 11.6 Å². The summed E-state index contributed by atoms with van der Waals surface area (Å²) in [5, 5.41) is 3.95. The Morgan fingerprint density at radius 1 is 1.03 bits per heavy atom. The lowest BCUT2D eigenvalue weighted by Crippen LogP contribution is -2.39. The number of hydrogen-bond acceptors (Lipinski definition) is 4. The van der Waals surface area contributed by atoms with Crippen LogP contribution in [0.3, 0.4) is 0 Å². The Bertz CT molecular complexity index is 1190. The Morgan fingerprint density at radius 2 is 1.72 bits per heavy atom. The molecule has 0 aliphatic heterocycles. The summed E-state index contributed by atoms with van der Waals surface area (Å²) >= 11 is 3.38. The number of anilines is 1. The van der Waals surface area contributed by atoms with E-state index in [1.165, 1.54) is 18.3 Å². The Kier molecular flexibility index (Phi) is 7.82. The monoisotopic (exact) mass is 513 g/mol. The maximum Gasteiger partial charge on any atom is 0.264 e. The second kappa shape index (κ2) is 10.6. The zero-order valence-electron chi connectivity index (χ0n) is 17.8. The number of hydrazone groups is 1. The first-order valence-corrected chi connectivity index (χ1v) is 12.3. The Morgan fingerprint density at radius 3 is 2.34 bits per heavy atom. The van der Waals surface area contributed by atoms with E-state index in [1.54, 1.807) is 30.3 Å². The molecule has 0 unspecified atom stereocenters. The van der Waals surface area contributed by atoms with Crippen molar-refractivity contribution in [3.8, 4) is 0 Å². The van der Waals surface area contributed by atoms with Gasteiger partial charge in [0.25, 0.3) is 15.9 Å². The molecule has 32 heavy (non-hydrogen) atoms. The first kappa shape index (κ1) is 23.7. The van der Waals surface area contributed by atoms with Gasteiger partial charge in [-0.15, -0.1) is 0 Å². The molecule has 1 amide bonds. The fraction of sp³-hybridized carbons (Fsp3) is 0.167. The van der Waals surface area contributed by atoms with Crippen LogP contribution in [0.25, 0.3) is 0 Å². The predicted molar refractivity (Wildman–Crippen MR) is 131 cm³/mol. The molecule has 0 spiro atoms. The molecule has 0 radical (unpaired) electrons. The van der Waals surface area contributed by atoms with E-state index in [2.05, 4.69) is 40.3 Å². The maximum atomic E-state index is 13.3. The van der Waals surface area contributed by atoms with E-state index in [0.717, 1.165) is 19.9 Å². The van der Waals surface area contributed by atoms with E-state index in [-0.39, 0.29) is 4.90 Å². The van der Waals surface area contributed by atoms with Crippen LogP contribution >= 0.6 is 15.9 Å². The number of nitrogens with zero attached hydrogens (tertiary/aromatic N) is 2. The number of benzene rings is 3. The first-order valence-electron chi connectivity index (χ1n) is 10.0. The van der Waals surface area contributed by atoms with E-state index < -0.39 is 22.5 Å². The molecule has 0 atom stereocenters. The van der Waals surface area contributed by atoms with Crippen molar-refractivity contribution in [1.82, 2.24) is 5.43 Å². The topological polar surface area (TPSA) is 78.8 Å². The van der Waals surface area contributed by atoms with Crippen molar-refractivity contribution in [3.05, 3.63) is 94.5 Å². The lowest BCUT2D eigenvalue weighted by atomic mass is 10.0. The summed E-state index contributed by atoms with van der Waals surface area (Å²) in [5.41, 5.74) is 4.69. The van der Waals surface area contributed by atoms with Crippen LogP contribution in [0.5, 0.6) is 0 Å². The molecule has 3 rings (SSSR count). The molecule has 0 aliphatic carbocycles. The van der Waals surface area contributed by atoms with Gasteiger partial charge in [-0.05, 0) is 53.4 Å². The van der Waals surface area contributed by atoms with Gasteiger partial charge >= 0.3 is 0 Å². The lowest BCUT2D eigenvalue weighted by Gasteiger charge is -2.24. The molecule has 0 fully saturated rings.